The first kappa shape index (κ1) is 22.1. The Morgan fingerprint density at radius 1 is 1.21 bits per heavy atom. The number of guanidine groups is 2. The monoisotopic (exact) mass is 452 g/mol. The van der Waals surface area contributed by atoms with Crippen LogP contribution in [-0.4, -0.2) is 98.3 Å². The Morgan fingerprint density at radius 2 is 1.97 bits per heavy atom. The van der Waals surface area contributed by atoms with E-state index in [1.54, 1.807) is 0 Å². The molecule has 1 aromatic carbocycles. The highest BCUT2D eigenvalue weighted by Gasteiger charge is 2.53. The van der Waals surface area contributed by atoms with Gasteiger partial charge in [0.1, 0.15) is 18.3 Å². The van der Waals surface area contributed by atoms with E-state index in [1.165, 1.54) is 5.56 Å². The van der Waals surface area contributed by atoms with Crippen LogP contribution in [0.25, 0.3) is 0 Å². The van der Waals surface area contributed by atoms with Crippen molar-refractivity contribution >= 4 is 17.8 Å². The maximum Gasteiger partial charge on any atom is 0.358 e. The van der Waals surface area contributed by atoms with Crippen LogP contribution in [0.5, 0.6) is 0 Å². The first-order valence-corrected chi connectivity index (χ1v) is 11.8. The zero-order chi connectivity index (χ0) is 23.0. The van der Waals surface area contributed by atoms with Gasteiger partial charge < -0.3 is 19.9 Å². The summed E-state index contributed by atoms with van der Waals surface area (Å²) in [6, 6.07) is 10.7. The number of fused-ring (bicyclic) bond motifs is 1. The van der Waals surface area contributed by atoms with Gasteiger partial charge in [-0.2, -0.15) is 10.4 Å². The summed E-state index contributed by atoms with van der Waals surface area (Å²) in [4.78, 5) is 27.1. The fourth-order valence-corrected chi connectivity index (χ4v) is 5.26. The number of likely N-dealkylation sites (N-methyl/N-ethyl adjacent to an activating group) is 1. The molecule has 1 saturated heterocycles. The zero-order valence-corrected chi connectivity index (χ0v) is 19.8. The number of hydrogen-bond acceptors (Lipinski definition) is 7. The lowest BCUT2D eigenvalue weighted by atomic mass is 9.86. The summed E-state index contributed by atoms with van der Waals surface area (Å²) in [7, 11) is 4.18. The number of nitrogens with one attached hydrogen (secondary N) is 2. The molecule has 9 nitrogen and oxygen atoms in total. The number of carbonyl (C=O) groups is 1. The second kappa shape index (κ2) is 8.89. The van der Waals surface area contributed by atoms with Gasteiger partial charge in [0.05, 0.1) is 19.8 Å². The average Bonchev–Trinajstić information content (AvgIpc) is 3.21. The normalized spacial score (nSPS) is 27.9. The van der Waals surface area contributed by atoms with Gasteiger partial charge in [-0.05, 0) is 33.0 Å². The maximum atomic E-state index is 12.9. The summed E-state index contributed by atoms with van der Waals surface area (Å²) in [5.74, 6) is 1.64. The van der Waals surface area contributed by atoms with Gasteiger partial charge in [0, 0.05) is 31.1 Å². The summed E-state index contributed by atoms with van der Waals surface area (Å²) in [5.41, 5.74) is 6.70. The van der Waals surface area contributed by atoms with Gasteiger partial charge in [0.2, 0.25) is 0 Å². The third-order valence-electron chi connectivity index (χ3n) is 7.03. The Balaban J connectivity index is 1.51. The molecule has 33 heavy (non-hydrogen) atoms. The number of amides is 1. The molecule has 0 spiro atoms. The summed E-state index contributed by atoms with van der Waals surface area (Å²) in [6.07, 6.45) is 0.879. The molecule has 2 N–H and O–H groups in total. The van der Waals surface area contributed by atoms with E-state index >= 15 is 0 Å². The molecule has 0 bridgehead atoms. The number of nitrogens with zero attached hydrogens (tertiary/aromatic N) is 5. The summed E-state index contributed by atoms with van der Waals surface area (Å²) < 4.78 is 5.98. The highest BCUT2D eigenvalue weighted by Crippen LogP contribution is 2.35. The molecule has 4 aliphatic heterocycles. The quantitative estimate of drug-likeness (QED) is 0.639. The van der Waals surface area contributed by atoms with Crippen LogP contribution in [0.4, 0.5) is 0 Å². The molecular weight excluding hydrogens is 418 g/mol. The number of ether oxygens (including phenoxy) is 1. The summed E-state index contributed by atoms with van der Waals surface area (Å²) >= 11 is 0. The first-order valence-electron chi connectivity index (χ1n) is 11.8. The predicted octanol–water partition coefficient (Wildman–Crippen LogP) is 0.572. The zero-order valence-electron chi connectivity index (χ0n) is 19.8. The van der Waals surface area contributed by atoms with Gasteiger partial charge in [-0.1, -0.05) is 30.3 Å². The van der Waals surface area contributed by atoms with Crippen molar-refractivity contribution in [2.75, 3.05) is 60.0 Å². The SMILES string of the molecule is CC(CN(C)C)[N+]12CC3=C(N=C1N=C(N1CCOCC1)N2)C(=O)NCC3Cc1ccccc1. The molecule has 1 fully saturated rings. The number of benzene rings is 1. The van der Waals surface area contributed by atoms with E-state index in [2.05, 4.69) is 65.8 Å². The van der Waals surface area contributed by atoms with E-state index in [-0.39, 0.29) is 17.9 Å². The van der Waals surface area contributed by atoms with Crippen molar-refractivity contribution in [3.05, 3.63) is 47.2 Å². The van der Waals surface area contributed by atoms with Gasteiger partial charge in [-0.25, -0.2) is 0 Å². The molecule has 4 aliphatic rings. The van der Waals surface area contributed by atoms with Crippen LogP contribution < -0.4 is 10.7 Å². The fraction of sp³-hybridized carbons (Fsp3) is 0.542. The summed E-state index contributed by atoms with van der Waals surface area (Å²) in [5, 5.41) is 3.07. The Kier molecular flexibility index (Phi) is 5.94. The van der Waals surface area contributed by atoms with E-state index in [4.69, 9.17) is 14.7 Å². The average molecular weight is 453 g/mol. The van der Waals surface area contributed by atoms with Crippen molar-refractivity contribution in [1.29, 1.82) is 0 Å². The minimum atomic E-state index is -0.0881. The lowest BCUT2D eigenvalue weighted by Gasteiger charge is -2.43. The number of morpholine rings is 1. The molecule has 1 aromatic rings. The molecule has 3 unspecified atom stereocenters. The molecular formula is C24H34N7O2+. The molecule has 0 aliphatic carbocycles. The van der Waals surface area contributed by atoms with Gasteiger partial charge in [-0.3, -0.25) is 4.79 Å². The number of hydrogen-bond donors (Lipinski definition) is 2. The summed E-state index contributed by atoms with van der Waals surface area (Å²) in [6.45, 7) is 7.41. The highest BCUT2D eigenvalue weighted by molar-refractivity contribution is 6.02. The van der Waals surface area contributed by atoms with Crippen LogP contribution >= 0.6 is 0 Å². The second-order valence-electron chi connectivity index (χ2n) is 9.67. The number of carbonyl (C=O) groups excluding carboxylic acids is 1. The third-order valence-corrected chi connectivity index (χ3v) is 7.03. The minimum Gasteiger partial charge on any atom is -0.378 e. The van der Waals surface area contributed by atoms with Gasteiger partial charge in [0.15, 0.2) is 0 Å². The van der Waals surface area contributed by atoms with Crippen LogP contribution in [-0.2, 0) is 16.0 Å². The van der Waals surface area contributed by atoms with E-state index in [0.717, 1.165) is 37.6 Å². The fourth-order valence-electron chi connectivity index (χ4n) is 5.26. The largest absolute Gasteiger partial charge is 0.378 e. The van der Waals surface area contributed by atoms with Gasteiger partial charge >= 0.3 is 5.96 Å². The minimum absolute atomic E-state index is 0.0881. The smallest absolute Gasteiger partial charge is 0.358 e. The molecule has 0 aromatic heterocycles. The lowest BCUT2D eigenvalue weighted by Crippen LogP contribution is -2.69. The molecule has 176 valence electrons. The van der Waals surface area contributed by atoms with E-state index in [0.29, 0.717) is 42.6 Å². The molecule has 0 radical (unpaired) electrons. The van der Waals surface area contributed by atoms with E-state index in [9.17, 15) is 4.79 Å². The first-order chi connectivity index (χ1) is 16.0. The standard InChI is InChI=1S/C24H33N7O2/c1-17(15-29(2)3)31-16-20-19(13-18-7-5-4-6-8-18)14-25-22(32)21(20)26-24(31)27-23(28-31)30-9-11-33-12-10-30/h4-8,17,19H,9-16H2,1-3H3,(H-,25,26,27,28,32)/p+1. The van der Waals surface area contributed by atoms with Crippen LogP contribution in [0.1, 0.15) is 12.5 Å². The van der Waals surface area contributed by atoms with Crippen LogP contribution in [0.15, 0.2) is 51.6 Å². The Hall–Kier alpha value is -2.75. The molecule has 0 saturated carbocycles. The molecule has 4 heterocycles. The Morgan fingerprint density at radius 3 is 2.70 bits per heavy atom. The number of quaternary nitrogens is 1. The molecule has 1 amide bonds. The maximum absolute atomic E-state index is 12.9. The van der Waals surface area contributed by atoms with Crippen molar-refractivity contribution < 1.29 is 14.1 Å². The topological polar surface area (TPSA) is 81.6 Å². The van der Waals surface area contributed by atoms with Crippen LogP contribution in [0.3, 0.4) is 0 Å². The molecule has 5 rings (SSSR count). The molecule has 3 atom stereocenters. The van der Waals surface area contributed by atoms with E-state index in [1.807, 2.05) is 6.07 Å². The predicted molar refractivity (Wildman–Crippen MR) is 127 cm³/mol. The van der Waals surface area contributed by atoms with Crippen molar-refractivity contribution in [2.24, 2.45) is 15.9 Å². The lowest BCUT2D eigenvalue weighted by molar-refractivity contribution is -0.893. The van der Waals surface area contributed by atoms with Gasteiger partial charge in [-0.15, -0.1) is 9.58 Å². The van der Waals surface area contributed by atoms with E-state index < -0.39 is 0 Å². The number of aliphatic imine (C=N–C) groups is 2. The van der Waals surface area contributed by atoms with Crippen molar-refractivity contribution in [2.45, 2.75) is 19.4 Å². The van der Waals surface area contributed by atoms with Crippen molar-refractivity contribution in [3.63, 3.8) is 0 Å². The Labute approximate surface area is 195 Å². The highest BCUT2D eigenvalue weighted by atomic mass is 16.5. The third kappa shape index (κ3) is 4.16. The van der Waals surface area contributed by atoms with Crippen molar-refractivity contribution in [3.8, 4) is 0 Å². The van der Waals surface area contributed by atoms with Gasteiger partial charge in [0.25, 0.3) is 11.9 Å². The Bertz CT molecular complexity index is 997. The molecule has 9 heteroatoms. The van der Waals surface area contributed by atoms with Crippen LogP contribution in [0, 0.1) is 5.92 Å². The second-order valence-corrected chi connectivity index (χ2v) is 9.67. The van der Waals surface area contributed by atoms with Crippen molar-refractivity contribution in [1.82, 2.24) is 20.5 Å². The number of rotatable bonds is 5. The van der Waals surface area contributed by atoms with Crippen LogP contribution in [0.2, 0.25) is 0 Å².